The van der Waals surface area contributed by atoms with Crippen LogP contribution in [0.25, 0.3) is 21.8 Å². The summed E-state index contributed by atoms with van der Waals surface area (Å²) in [6.07, 6.45) is 3.76. The number of hydrogen-bond donors (Lipinski definition) is 0. The molecule has 2 saturated heterocycles. The summed E-state index contributed by atoms with van der Waals surface area (Å²) in [5.74, 6) is 0.285. The van der Waals surface area contributed by atoms with Crippen LogP contribution in [0.5, 0.6) is 0 Å². The van der Waals surface area contributed by atoms with E-state index in [0.29, 0.717) is 0 Å². The monoisotopic (exact) mass is 540 g/mol. The average Bonchev–Trinajstić information content (AvgIpc) is 2.97. The maximum absolute atomic E-state index is 11.7. The molecule has 6 rings (SSSR count). The SMILES string of the molecule is CC(=O)N1CCN(c2ccc3c(Sc4ccnc5cc(N6CCN(C(C)=O)CC6)ccc45)ccnc3c2)CC1. The maximum atomic E-state index is 11.7. The molecule has 0 unspecified atom stereocenters. The summed E-state index contributed by atoms with van der Waals surface area (Å²) in [4.78, 5) is 43.5. The highest BCUT2D eigenvalue weighted by Crippen LogP contribution is 2.38. The van der Waals surface area contributed by atoms with Gasteiger partial charge in [-0.05, 0) is 48.5 Å². The van der Waals surface area contributed by atoms with Crippen LogP contribution in [0.1, 0.15) is 13.8 Å². The van der Waals surface area contributed by atoms with Crippen molar-refractivity contribution in [2.45, 2.75) is 23.6 Å². The number of carbonyl (C=O) groups is 2. The topological polar surface area (TPSA) is 72.9 Å². The van der Waals surface area contributed by atoms with E-state index in [1.807, 2.05) is 22.2 Å². The summed E-state index contributed by atoms with van der Waals surface area (Å²) < 4.78 is 0. The molecule has 39 heavy (non-hydrogen) atoms. The van der Waals surface area contributed by atoms with Crippen molar-refractivity contribution in [2.75, 3.05) is 62.2 Å². The van der Waals surface area contributed by atoms with Crippen LogP contribution < -0.4 is 9.80 Å². The Morgan fingerprint density at radius 3 is 1.41 bits per heavy atom. The second-order valence-electron chi connectivity index (χ2n) is 10.1. The molecule has 4 heterocycles. The number of fused-ring (bicyclic) bond motifs is 2. The summed E-state index contributed by atoms with van der Waals surface area (Å²) in [5, 5.41) is 2.25. The van der Waals surface area contributed by atoms with Crippen LogP contribution in [0.3, 0.4) is 0 Å². The Hall–Kier alpha value is -3.85. The lowest BCUT2D eigenvalue weighted by atomic mass is 10.1. The van der Waals surface area contributed by atoms with Crippen LogP contribution in [-0.4, -0.2) is 83.9 Å². The minimum Gasteiger partial charge on any atom is -0.368 e. The Kier molecular flexibility index (Phi) is 6.99. The second kappa shape index (κ2) is 10.7. The van der Waals surface area contributed by atoms with Crippen molar-refractivity contribution < 1.29 is 9.59 Å². The van der Waals surface area contributed by atoms with Crippen molar-refractivity contribution >= 4 is 56.8 Å². The highest BCUT2D eigenvalue weighted by atomic mass is 32.2. The standard InChI is InChI=1S/C30H32N6O2S/c1-21(37)33-11-15-35(16-12-33)23-3-5-25-27(19-23)31-9-7-29(25)39-30-8-10-32-28-20-24(4-6-26(28)30)36-17-13-34(14-18-36)22(2)38/h3-10,19-20H,11-18H2,1-2H3. The molecule has 8 nitrogen and oxygen atoms in total. The number of anilines is 2. The van der Waals surface area contributed by atoms with E-state index < -0.39 is 0 Å². The first-order valence-corrected chi connectivity index (χ1v) is 14.2. The first kappa shape index (κ1) is 25.4. The van der Waals surface area contributed by atoms with Crippen molar-refractivity contribution in [1.82, 2.24) is 19.8 Å². The van der Waals surface area contributed by atoms with E-state index in [2.05, 4.69) is 68.3 Å². The molecule has 2 aliphatic heterocycles. The predicted molar refractivity (Wildman–Crippen MR) is 157 cm³/mol. The summed E-state index contributed by atoms with van der Waals surface area (Å²) in [6.45, 7) is 9.60. The highest BCUT2D eigenvalue weighted by molar-refractivity contribution is 7.99. The molecule has 0 N–H and O–H groups in total. The minimum atomic E-state index is 0.142. The lowest BCUT2D eigenvalue weighted by molar-refractivity contribution is -0.129. The summed E-state index contributed by atoms with van der Waals surface area (Å²) in [6, 6.07) is 17.1. The molecule has 0 atom stereocenters. The van der Waals surface area contributed by atoms with Crippen LogP contribution in [0, 0.1) is 0 Å². The maximum Gasteiger partial charge on any atom is 0.219 e. The Balaban J connectivity index is 1.22. The molecule has 2 aliphatic rings. The lowest BCUT2D eigenvalue weighted by Gasteiger charge is -2.35. The average molecular weight is 541 g/mol. The number of pyridine rings is 2. The summed E-state index contributed by atoms with van der Waals surface area (Å²) in [5.41, 5.74) is 4.23. The first-order valence-electron chi connectivity index (χ1n) is 13.4. The minimum absolute atomic E-state index is 0.142. The molecule has 200 valence electrons. The van der Waals surface area contributed by atoms with Gasteiger partial charge in [-0.15, -0.1) is 0 Å². The number of hydrogen-bond acceptors (Lipinski definition) is 7. The smallest absolute Gasteiger partial charge is 0.219 e. The van der Waals surface area contributed by atoms with Gasteiger partial charge in [0.25, 0.3) is 0 Å². The van der Waals surface area contributed by atoms with Gasteiger partial charge in [0.2, 0.25) is 11.8 Å². The van der Waals surface area contributed by atoms with E-state index in [1.165, 1.54) is 0 Å². The van der Waals surface area contributed by atoms with Gasteiger partial charge in [-0.3, -0.25) is 19.6 Å². The van der Waals surface area contributed by atoms with Gasteiger partial charge in [0.15, 0.2) is 0 Å². The lowest BCUT2D eigenvalue weighted by Crippen LogP contribution is -2.48. The number of benzene rings is 2. The molecule has 4 aromatic rings. The Bertz CT molecular complexity index is 1430. The Labute approximate surface area is 232 Å². The van der Waals surface area contributed by atoms with Crippen molar-refractivity contribution in [3.63, 3.8) is 0 Å². The third-order valence-corrected chi connectivity index (χ3v) is 8.92. The van der Waals surface area contributed by atoms with Crippen LogP contribution in [0.4, 0.5) is 11.4 Å². The molecule has 2 amide bonds. The Morgan fingerprint density at radius 1 is 0.615 bits per heavy atom. The summed E-state index contributed by atoms with van der Waals surface area (Å²) >= 11 is 1.74. The van der Waals surface area contributed by atoms with Gasteiger partial charge in [-0.1, -0.05) is 11.8 Å². The molecule has 9 heteroatoms. The number of rotatable bonds is 4. The van der Waals surface area contributed by atoms with E-state index in [9.17, 15) is 9.59 Å². The normalized spacial score (nSPS) is 16.3. The zero-order chi connectivity index (χ0) is 26.9. The van der Waals surface area contributed by atoms with E-state index in [4.69, 9.17) is 0 Å². The van der Waals surface area contributed by atoms with E-state index in [-0.39, 0.29) is 11.8 Å². The zero-order valence-electron chi connectivity index (χ0n) is 22.3. The van der Waals surface area contributed by atoms with Gasteiger partial charge >= 0.3 is 0 Å². The van der Waals surface area contributed by atoms with Crippen molar-refractivity contribution in [3.05, 3.63) is 60.9 Å². The van der Waals surface area contributed by atoms with Crippen molar-refractivity contribution in [2.24, 2.45) is 0 Å². The molecule has 0 bridgehead atoms. The molecule has 0 saturated carbocycles. The van der Waals surface area contributed by atoms with Gasteiger partial charge in [0.1, 0.15) is 0 Å². The molecule has 0 aliphatic carbocycles. The molecule has 2 aromatic carbocycles. The number of piperazine rings is 2. The molecule has 2 aromatic heterocycles. The fourth-order valence-electron chi connectivity index (χ4n) is 5.47. The molecule has 0 radical (unpaired) electrons. The first-order chi connectivity index (χ1) is 19.0. The van der Waals surface area contributed by atoms with Crippen LogP contribution in [0.2, 0.25) is 0 Å². The zero-order valence-corrected chi connectivity index (χ0v) is 23.2. The van der Waals surface area contributed by atoms with Gasteiger partial charge < -0.3 is 19.6 Å². The molecule has 2 fully saturated rings. The number of carbonyl (C=O) groups excluding carboxylic acids is 2. The van der Waals surface area contributed by atoms with Crippen molar-refractivity contribution in [1.29, 1.82) is 0 Å². The largest absolute Gasteiger partial charge is 0.368 e. The Morgan fingerprint density at radius 2 is 1.03 bits per heavy atom. The third kappa shape index (κ3) is 5.23. The molecule has 0 spiro atoms. The fourth-order valence-corrected chi connectivity index (χ4v) is 6.53. The van der Waals surface area contributed by atoms with Crippen LogP contribution >= 0.6 is 11.8 Å². The predicted octanol–water partition coefficient (Wildman–Crippen LogP) is 4.27. The van der Waals surface area contributed by atoms with Gasteiger partial charge in [-0.25, -0.2) is 0 Å². The van der Waals surface area contributed by atoms with E-state index in [1.54, 1.807) is 25.6 Å². The molecular weight excluding hydrogens is 508 g/mol. The van der Waals surface area contributed by atoms with E-state index in [0.717, 1.165) is 95.3 Å². The van der Waals surface area contributed by atoms with Crippen LogP contribution in [0.15, 0.2) is 70.7 Å². The highest BCUT2D eigenvalue weighted by Gasteiger charge is 2.21. The summed E-state index contributed by atoms with van der Waals surface area (Å²) in [7, 11) is 0. The molecular formula is C30H32N6O2S. The van der Waals surface area contributed by atoms with E-state index >= 15 is 0 Å². The van der Waals surface area contributed by atoms with Gasteiger partial charge in [0.05, 0.1) is 11.0 Å². The van der Waals surface area contributed by atoms with Gasteiger partial charge in [0, 0.05) is 111 Å². The third-order valence-electron chi connectivity index (χ3n) is 7.77. The number of aromatic nitrogens is 2. The van der Waals surface area contributed by atoms with Gasteiger partial charge in [-0.2, -0.15) is 0 Å². The quantitative estimate of drug-likeness (QED) is 0.383. The van der Waals surface area contributed by atoms with Crippen LogP contribution in [-0.2, 0) is 9.59 Å². The number of nitrogens with zero attached hydrogens (tertiary/aromatic N) is 6. The van der Waals surface area contributed by atoms with Crippen molar-refractivity contribution in [3.8, 4) is 0 Å². The second-order valence-corrected chi connectivity index (χ2v) is 11.2. The number of amides is 2. The fraction of sp³-hybridized carbons (Fsp3) is 0.333.